The number of aromatic nitrogens is 1. The topological polar surface area (TPSA) is 49.5 Å². The van der Waals surface area contributed by atoms with Crippen LogP contribution in [0.1, 0.15) is 38.3 Å². The predicted molar refractivity (Wildman–Crippen MR) is 61.0 cm³/mol. The van der Waals surface area contributed by atoms with Crippen molar-refractivity contribution >= 4 is 0 Å². The first-order chi connectivity index (χ1) is 7.47. The minimum atomic E-state index is -0.655. The van der Waals surface area contributed by atoms with E-state index in [0.29, 0.717) is 6.54 Å². The second-order valence-electron chi connectivity index (χ2n) is 5.15. The predicted octanol–water partition coefficient (Wildman–Crippen LogP) is 1.72. The normalized spacial score (nSPS) is 22.9. The van der Waals surface area contributed by atoms with Gasteiger partial charge in [-0.15, -0.1) is 0 Å². The molecule has 0 spiro atoms. The summed E-state index contributed by atoms with van der Waals surface area (Å²) in [6.45, 7) is 7.35. The first-order valence-electron chi connectivity index (χ1n) is 5.84. The number of oxazole rings is 1. The molecule has 16 heavy (non-hydrogen) atoms. The summed E-state index contributed by atoms with van der Waals surface area (Å²) >= 11 is 0. The van der Waals surface area contributed by atoms with E-state index in [9.17, 15) is 5.11 Å². The second-order valence-corrected chi connectivity index (χ2v) is 5.15. The molecule has 2 heterocycles. The Morgan fingerprint density at radius 1 is 1.62 bits per heavy atom. The fourth-order valence-electron chi connectivity index (χ4n) is 2.46. The molecule has 4 nitrogen and oxygen atoms in total. The summed E-state index contributed by atoms with van der Waals surface area (Å²) in [4.78, 5) is 6.46. The van der Waals surface area contributed by atoms with E-state index in [1.807, 2.05) is 20.8 Å². The van der Waals surface area contributed by atoms with Crippen LogP contribution in [-0.2, 0) is 6.54 Å². The molecule has 1 aromatic heterocycles. The Balaban J connectivity index is 2.04. The van der Waals surface area contributed by atoms with Crippen molar-refractivity contribution < 1.29 is 9.52 Å². The first kappa shape index (κ1) is 11.6. The highest BCUT2D eigenvalue weighted by atomic mass is 16.4. The van der Waals surface area contributed by atoms with Crippen LogP contribution in [0.5, 0.6) is 0 Å². The number of rotatable bonds is 3. The third-order valence-corrected chi connectivity index (χ3v) is 3.19. The molecular formula is C12H20N2O2. The minimum Gasteiger partial charge on any atom is -0.445 e. The van der Waals surface area contributed by atoms with Crippen molar-refractivity contribution in [2.24, 2.45) is 0 Å². The molecule has 0 saturated carbocycles. The van der Waals surface area contributed by atoms with Crippen LogP contribution in [0.25, 0.3) is 0 Å². The van der Waals surface area contributed by atoms with Crippen molar-refractivity contribution in [3.05, 3.63) is 17.8 Å². The van der Waals surface area contributed by atoms with Crippen molar-refractivity contribution in [3.63, 3.8) is 0 Å². The third-order valence-electron chi connectivity index (χ3n) is 3.19. The summed E-state index contributed by atoms with van der Waals surface area (Å²) < 4.78 is 5.47. The van der Waals surface area contributed by atoms with Gasteiger partial charge < -0.3 is 9.52 Å². The molecule has 1 saturated heterocycles. The van der Waals surface area contributed by atoms with E-state index in [2.05, 4.69) is 9.88 Å². The van der Waals surface area contributed by atoms with Crippen LogP contribution in [0.15, 0.2) is 10.6 Å². The van der Waals surface area contributed by atoms with E-state index in [1.165, 1.54) is 0 Å². The van der Waals surface area contributed by atoms with E-state index in [4.69, 9.17) is 4.42 Å². The average Bonchev–Trinajstić information content (AvgIpc) is 2.74. The van der Waals surface area contributed by atoms with Crippen molar-refractivity contribution in [3.8, 4) is 0 Å². The van der Waals surface area contributed by atoms with Gasteiger partial charge in [-0.3, -0.25) is 4.90 Å². The molecule has 0 radical (unpaired) electrons. The fourth-order valence-corrected chi connectivity index (χ4v) is 2.46. The Morgan fingerprint density at radius 3 is 2.94 bits per heavy atom. The molecule has 1 atom stereocenters. The van der Waals surface area contributed by atoms with E-state index >= 15 is 0 Å². The zero-order chi connectivity index (χ0) is 11.8. The van der Waals surface area contributed by atoms with Gasteiger partial charge in [-0.2, -0.15) is 0 Å². The molecule has 1 aliphatic rings. The van der Waals surface area contributed by atoms with Gasteiger partial charge in [0.2, 0.25) is 5.89 Å². The van der Waals surface area contributed by atoms with Gasteiger partial charge in [0.05, 0.1) is 18.3 Å². The molecule has 1 aromatic rings. The van der Waals surface area contributed by atoms with E-state index < -0.39 is 5.60 Å². The Hall–Kier alpha value is -0.870. The summed E-state index contributed by atoms with van der Waals surface area (Å²) in [6.07, 6.45) is 3.92. The number of aliphatic hydroxyl groups is 1. The molecule has 2 rings (SSSR count). The lowest BCUT2D eigenvalue weighted by Gasteiger charge is -2.32. The van der Waals surface area contributed by atoms with Gasteiger partial charge in [-0.25, -0.2) is 4.98 Å². The number of nitrogens with zero attached hydrogens (tertiary/aromatic N) is 2. The molecule has 1 fully saturated rings. The second kappa shape index (κ2) is 4.18. The smallest absolute Gasteiger partial charge is 0.208 e. The molecule has 4 heteroatoms. The van der Waals surface area contributed by atoms with Gasteiger partial charge in [0, 0.05) is 6.04 Å². The van der Waals surface area contributed by atoms with Crippen LogP contribution in [0.3, 0.4) is 0 Å². The summed E-state index contributed by atoms with van der Waals surface area (Å²) in [5.74, 6) is 1.59. The summed E-state index contributed by atoms with van der Waals surface area (Å²) in [6, 6.07) is 0.208. The molecule has 1 N–H and O–H groups in total. The van der Waals surface area contributed by atoms with Crippen molar-refractivity contribution in [1.82, 2.24) is 9.88 Å². The Labute approximate surface area is 96.3 Å². The molecule has 0 aromatic carbocycles. The first-order valence-corrected chi connectivity index (χ1v) is 5.84. The minimum absolute atomic E-state index is 0.208. The van der Waals surface area contributed by atoms with Crippen molar-refractivity contribution in [2.75, 3.05) is 6.54 Å². The highest BCUT2D eigenvalue weighted by Crippen LogP contribution is 2.27. The van der Waals surface area contributed by atoms with Crippen LogP contribution in [-0.4, -0.2) is 33.2 Å². The molecule has 0 aliphatic carbocycles. The van der Waals surface area contributed by atoms with Crippen LogP contribution >= 0.6 is 0 Å². The standard InChI is InChI=1S/C12H20N2O2/c1-9-7-13-11(16-9)8-14-6-4-5-10(14)12(2,3)15/h7,10,15H,4-6,8H2,1-3H3. The lowest BCUT2D eigenvalue weighted by molar-refractivity contribution is -0.00731. The average molecular weight is 224 g/mol. The van der Waals surface area contributed by atoms with Gasteiger partial charge >= 0.3 is 0 Å². The van der Waals surface area contributed by atoms with Crippen molar-refractivity contribution in [1.29, 1.82) is 0 Å². The molecule has 0 bridgehead atoms. The SMILES string of the molecule is Cc1cnc(CN2CCCC2C(C)(C)O)o1. The van der Waals surface area contributed by atoms with Crippen LogP contribution < -0.4 is 0 Å². The maximum atomic E-state index is 10.1. The molecule has 90 valence electrons. The lowest BCUT2D eigenvalue weighted by atomic mass is 9.97. The monoisotopic (exact) mass is 224 g/mol. The molecule has 1 aliphatic heterocycles. The maximum Gasteiger partial charge on any atom is 0.208 e. The molecule has 0 amide bonds. The molecular weight excluding hydrogens is 204 g/mol. The summed E-state index contributed by atoms with van der Waals surface area (Å²) in [7, 11) is 0. The van der Waals surface area contributed by atoms with E-state index in [-0.39, 0.29) is 6.04 Å². The van der Waals surface area contributed by atoms with Gasteiger partial charge in [0.15, 0.2) is 0 Å². The summed E-state index contributed by atoms with van der Waals surface area (Å²) in [5.41, 5.74) is -0.655. The van der Waals surface area contributed by atoms with E-state index in [0.717, 1.165) is 31.0 Å². The van der Waals surface area contributed by atoms with Gasteiger partial charge in [-0.1, -0.05) is 0 Å². The summed E-state index contributed by atoms with van der Waals surface area (Å²) in [5, 5.41) is 10.1. The maximum absolute atomic E-state index is 10.1. The Kier molecular flexibility index (Phi) is 3.04. The number of aryl methyl sites for hydroxylation is 1. The quantitative estimate of drug-likeness (QED) is 0.849. The van der Waals surface area contributed by atoms with Crippen molar-refractivity contribution in [2.45, 2.75) is 51.8 Å². The number of hydrogen-bond donors (Lipinski definition) is 1. The fraction of sp³-hybridized carbons (Fsp3) is 0.750. The third kappa shape index (κ3) is 2.44. The van der Waals surface area contributed by atoms with Crippen LogP contribution in [0, 0.1) is 6.92 Å². The number of hydrogen-bond acceptors (Lipinski definition) is 4. The zero-order valence-corrected chi connectivity index (χ0v) is 10.2. The number of likely N-dealkylation sites (tertiary alicyclic amines) is 1. The van der Waals surface area contributed by atoms with Gasteiger partial charge in [0.25, 0.3) is 0 Å². The van der Waals surface area contributed by atoms with E-state index in [1.54, 1.807) is 6.20 Å². The Morgan fingerprint density at radius 2 is 2.38 bits per heavy atom. The Bertz CT molecular complexity index is 354. The highest BCUT2D eigenvalue weighted by molar-refractivity contribution is 4.95. The lowest BCUT2D eigenvalue weighted by Crippen LogP contribution is -2.45. The van der Waals surface area contributed by atoms with Gasteiger partial charge in [0.1, 0.15) is 5.76 Å². The van der Waals surface area contributed by atoms with Crippen LogP contribution in [0.2, 0.25) is 0 Å². The highest BCUT2D eigenvalue weighted by Gasteiger charge is 2.36. The van der Waals surface area contributed by atoms with Crippen LogP contribution in [0.4, 0.5) is 0 Å². The molecule has 1 unspecified atom stereocenters. The van der Waals surface area contributed by atoms with Gasteiger partial charge in [-0.05, 0) is 40.2 Å². The largest absolute Gasteiger partial charge is 0.445 e. The zero-order valence-electron chi connectivity index (χ0n) is 10.2.